The van der Waals surface area contributed by atoms with Crippen molar-refractivity contribution in [3.8, 4) is 0 Å². The molecule has 0 radical (unpaired) electrons. The zero-order chi connectivity index (χ0) is 20.6. The van der Waals surface area contributed by atoms with Crippen molar-refractivity contribution in [2.75, 3.05) is 13.1 Å². The molecule has 1 aromatic carbocycles. The van der Waals surface area contributed by atoms with Gasteiger partial charge in [0.15, 0.2) is 0 Å². The van der Waals surface area contributed by atoms with Crippen LogP contribution < -0.4 is 16.4 Å². The van der Waals surface area contributed by atoms with Crippen molar-refractivity contribution in [1.82, 2.24) is 15.5 Å². The van der Waals surface area contributed by atoms with Crippen molar-refractivity contribution in [3.05, 3.63) is 35.4 Å². The first-order valence-electron chi connectivity index (χ1n) is 10.8. The van der Waals surface area contributed by atoms with E-state index in [0.717, 1.165) is 24.8 Å². The van der Waals surface area contributed by atoms with Crippen LogP contribution >= 0.6 is 0 Å². The molecule has 1 saturated heterocycles. The number of amides is 2. The molecule has 2 amide bonds. The molecule has 1 aromatic rings. The third-order valence-electron chi connectivity index (χ3n) is 6.00. The van der Waals surface area contributed by atoms with Gasteiger partial charge in [0.25, 0.3) is 0 Å². The molecule has 29 heavy (non-hydrogen) atoms. The lowest BCUT2D eigenvalue weighted by atomic mass is 10.1. The van der Waals surface area contributed by atoms with E-state index in [0.29, 0.717) is 37.7 Å². The average molecular weight is 400 g/mol. The smallest absolute Gasteiger partial charge is 0.243 e. The number of nitrogens with one attached hydrogen (secondary N) is 3. The number of hydrogen-bond acceptors (Lipinski definition) is 4. The summed E-state index contributed by atoms with van der Waals surface area (Å²) >= 11 is 0. The van der Waals surface area contributed by atoms with E-state index in [1.54, 1.807) is 17.0 Å². The van der Waals surface area contributed by atoms with Crippen LogP contribution in [0.15, 0.2) is 24.3 Å². The number of hydrogen-bond donors (Lipinski definition) is 4. The summed E-state index contributed by atoms with van der Waals surface area (Å²) < 4.78 is 0. The van der Waals surface area contributed by atoms with E-state index < -0.39 is 0 Å². The lowest BCUT2D eigenvalue weighted by molar-refractivity contribution is -0.137. The van der Waals surface area contributed by atoms with Gasteiger partial charge in [-0.25, -0.2) is 0 Å². The van der Waals surface area contributed by atoms with Crippen molar-refractivity contribution in [3.63, 3.8) is 0 Å². The van der Waals surface area contributed by atoms with Gasteiger partial charge in [0.2, 0.25) is 11.8 Å². The second-order valence-electron chi connectivity index (χ2n) is 8.14. The molecule has 7 heteroatoms. The first-order valence-corrected chi connectivity index (χ1v) is 10.8. The van der Waals surface area contributed by atoms with Crippen molar-refractivity contribution < 1.29 is 9.59 Å². The van der Waals surface area contributed by atoms with Gasteiger partial charge in [0.1, 0.15) is 11.9 Å². The number of nitrogens with zero attached hydrogens (tertiary/aromatic N) is 1. The van der Waals surface area contributed by atoms with Gasteiger partial charge in [-0.05, 0) is 31.2 Å². The highest BCUT2D eigenvalue weighted by Crippen LogP contribution is 2.19. The fraction of sp³-hybridized carbons (Fsp3) is 0.591. The number of nitrogen functional groups attached to an aromatic ring is 1. The number of carbonyl (C=O) groups is 2. The Kier molecular flexibility index (Phi) is 7.63. The number of rotatable bonds is 7. The molecule has 1 heterocycles. The number of likely N-dealkylation sites (tertiary alicyclic amines) is 1. The van der Waals surface area contributed by atoms with Crippen LogP contribution in [0.4, 0.5) is 0 Å². The number of carbonyl (C=O) groups excluding carboxylic acids is 2. The van der Waals surface area contributed by atoms with Gasteiger partial charge in [-0.1, -0.05) is 49.9 Å². The van der Waals surface area contributed by atoms with Crippen LogP contribution in [-0.4, -0.2) is 47.7 Å². The fourth-order valence-corrected chi connectivity index (χ4v) is 4.26. The van der Waals surface area contributed by atoms with Gasteiger partial charge in [0.05, 0.1) is 6.54 Å². The summed E-state index contributed by atoms with van der Waals surface area (Å²) in [6, 6.07) is 7.29. The fourth-order valence-electron chi connectivity index (χ4n) is 4.26. The molecule has 0 spiro atoms. The normalized spacial score (nSPS) is 20.3. The Morgan fingerprint density at radius 2 is 1.72 bits per heavy atom. The highest BCUT2D eigenvalue weighted by atomic mass is 16.2. The lowest BCUT2D eigenvalue weighted by Crippen LogP contribution is -2.49. The highest BCUT2D eigenvalue weighted by molar-refractivity contribution is 5.94. The lowest BCUT2D eigenvalue weighted by Gasteiger charge is -2.25. The molecule has 2 aliphatic rings. The van der Waals surface area contributed by atoms with E-state index in [2.05, 4.69) is 10.6 Å². The van der Waals surface area contributed by atoms with Crippen LogP contribution in [-0.2, 0) is 16.1 Å². The van der Waals surface area contributed by atoms with Gasteiger partial charge in [-0.2, -0.15) is 0 Å². The summed E-state index contributed by atoms with van der Waals surface area (Å²) in [5.74, 6) is -0.0446. The minimum atomic E-state index is -0.380. The predicted molar refractivity (Wildman–Crippen MR) is 114 cm³/mol. The predicted octanol–water partition coefficient (Wildman–Crippen LogP) is 1.89. The van der Waals surface area contributed by atoms with Crippen molar-refractivity contribution >= 4 is 17.6 Å². The minimum Gasteiger partial charge on any atom is -0.384 e. The minimum absolute atomic E-state index is 0.0257. The zero-order valence-electron chi connectivity index (χ0n) is 17.1. The third kappa shape index (κ3) is 6.03. The van der Waals surface area contributed by atoms with Crippen LogP contribution in [0, 0.1) is 5.41 Å². The monoisotopic (exact) mass is 399 g/mol. The highest BCUT2D eigenvalue weighted by Gasteiger charge is 2.33. The second kappa shape index (κ2) is 10.4. The van der Waals surface area contributed by atoms with Gasteiger partial charge >= 0.3 is 0 Å². The molecule has 7 nitrogen and oxygen atoms in total. The molecule has 1 aliphatic carbocycles. The third-order valence-corrected chi connectivity index (χ3v) is 6.00. The number of nitrogens with two attached hydrogens (primary N) is 1. The van der Waals surface area contributed by atoms with Crippen molar-refractivity contribution in [2.45, 2.75) is 70.0 Å². The molecule has 2 fully saturated rings. The summed E-state index contributed by atoms with van der Waals surface area (Å²) in [5, 5.41) is 13.8. The summed E-state index contributed by atoms with van der Waals surface area (Å²) in [6.07, 6.45) is 8.89. The largest absolute Gasteiger partial charge is 0.384 e. The standard InChI is InChI=1S/C22H33N5O2/c23-21(24)17-11-9-16(10-12-17)14-26-22(29)19-8-5-13-27(19)20(28)15-25-18-6-3-1-2-4-7-18/h9-12,18-19,25H,1-8,13-15H2,(H3,23,24)(H,26,29)/t19-/m0/s1. The van der Waals surface area contributed by atoms with E-state index in [9.17, 15) is 9.59 Å². The van der Waals surface area contributed by atoms with Gasteiger partial charge < -0.3 is 21.3 Å². The average Bonchev–Trinajstić information content (AvgIpc) is 3.07. The van der Waals surface area contributed by atoms with Crippen molar-refractivity contribution in [2.24, 2.45) is 5.73 Å². The Morgan fingerprint density at radius 1 is 1.03 bits per heavy atom. The van der Waals surface area contributed by atoms with Gasteiger partial charge in [-0.15, -0.1) is 0 Å². The van der Waals surface area contributed by atoms with Gasteiger partial charge in [0, 0.05) is 24.7 Å². The molecular weight excluding hydrogens is 366 g/mol. The number of amidine groups is 1. The Balaban J connectivity index is 1.47. The summed E-state index contributed by atoms with van der Waals surface area (Å²) in [6.45, 7) is 1.37. The van der Waals surface area contributed by atoms with E-state index in [4.69, 9.17) is 11.1 Å². The molecule has 1 aliphatic heterocycles. The summed E-state index contributed by atoms with van der Waals surface area (Å²) in [5.41, 5.74) is 7.06. The van der Waals surface area contributed by atoms with Gasteiger partial charge in [-0.3, -0.25) is 15.0 Å². The van der Waals surface area contributed by atoms with Crippen LogP contribution in [0.2, 0.25) is 0 Å². The van der Waals surface area contributed by atoms with Crippen molar-refractivity contribution in [1.29, 1.82) is 5.41 Å². The Labute approximate surface area is 172 Å². The zero-order valence-corrected chi connectivity index (χ0v) is 17.1. The molecular formula is C22H33N5O2. The molecule has 5 N–H and O–H groups in total. The quantitative estimate of drug-likeness (QED) is 0.319. The van der Waals surface area contributed by atoms with E-state index in [1.165, 1.54) is 25.7 Å². The van der Waals surface area contributed by atoms with E-state index >= 15 is 0 Å². The first kappa shape index (κ1) is 21.3. The first-order chi connectivity index (χ1) is 14.0. The maximum atomic E-state index is 12.7. The maximum absolute atomic E-state index is 12.7. The SMILES string of the molecule is N=C(N)c1ccc(CNC(=O)[C@@H]2CCCN2C(=O)CNC2CCCCCC2)cc1. The van der Waals surface area contributed by atoms with Crippen LogP contribution in [0.1, 0.15) is 62.5 Å². The molecule has 0 aromatic heterocycles. The Bertz CT molecular complexity index is 710. The van der Waals surface area contributed by atoms with E-state index in [-0.39, 0.29) is 23.7 Å². The second-order valence-corrected chi connectivity index (χ2v) is 8.14. The topological polar surface area (TPSA) is 111 Å². The molecule has 1 saturated carbocycles. The molecule has 158 valence electrons. The van der Waals surface area contributed by atoms with Crippen LogP contribution in [0.5, 0.6) is 0 Å². The Hall–Kier alpha value is -2.41. The Morgan fingerprint density at radius 3 is 2.38 bits per heavy atom. The van der Waals surface area contributed by atoms with Crippen LogP contribution in [0.25, 0.3) is 0 Å². The summed E-state index contributed by atoms with van der Waals surface area (Å²) in [7, 11) is 0. The van der Waals surface area contributed by atoms with E-state index in [1.807, 2.05) is 12.1 Å². The summed E-state index contributed by atoms with van der Waals surface area (Å²) in [4.78, 5) is 27.1. The molecule has 0 bridgehead atoms. The maximum Gasteiger partial charge on any atom is 0.243 e. The molecule has 3 rings (SSSR count). The molecule has 1 atom stereocenters. The van der Waals surface area contributed by atoms with Crippen LogP contribution in [0.3, 0.4) is 0 Å². The molecule has 0 unspecified atom stereocenters. The number of benzene rings is 1.